The number of carbonyl (C=O) groups is 2. The lowest BCUT2D eigenvalue weighted by Gasteiger charge is -2.17. The summed E-state index contributed by atoms with van der Waals surface area (Å²) in [7, 11) is 0. The maximum atomic E-state index is 11.8. The van der Waals surface area contributed by atoms with Crippen LogP contribution in [0.2, 0.25) is 5.02 Å². The van der Waals surface area contributed by atoms with E-state index in [0.717, 1.165) is 0 Å². The first-order valence-electron chi connectivity index (χ1n) is 6.16. The molecule has 0 bridgehead atoms. The molecule has 19 heavy (non-hydrogen) atoms. The van der Waals surface area contributed by atoms with Crippen LogP contribution in [0.3, 0.4) is 0 Å². The highest BCUT2D eigenvalue weighted by atomic mass is 35.5. The second kappa shape index (κ2) is 7.26. The van der Waals surface area contributed by atoms with Crippen molar-refractivity contribution in [3.63, 3.8) is 0 Å². The third-order valence-corrected chi connectivity index (χ3v) is 3.07. The van der Waals surface area contributed by atoms with Gasteiger partial charge in [-0.2, -0.15) is 0 Å². The highest BCUT2D eigenvalue weighted by Crippen LogP contribution is 2.11. The number of carbonyl (C=O) groups excluding carboxylic acids is 1. The highest BCUT2D eigenvalue weighted by molar-refractivity contribution is 6.30. The summed E-state index contributed by atoms with van der Waals surface area (Å²) in [4.78, 5) is 22.8. The van der Waals surface area contributed by atoms with Crippen molar-refractivity contribution < 1.29 is 14.7 Å². The van der Waals surface area contributed by atoms with Gasteiger partial charge in [-0.05, 0) is 30.2 Å². The standard InChI is InChI=1S/C14H18ClNO3/c1-9(2)13(14(18)19)16-8-7-12(17)10-3-5-11(15)6-4-10/h3-6,9,13,16H,7-8H2,1-2H3,(H,18,19)/t13-/m0/s1. The quantitative estimate of drug-likeness (QED) is 0.755. The molecular weight excluding hydrogens is 266 g/mol. The molecule has 0 fully saturated rings. The second-order valence-corrected chi connectivity index (χ2v) is 5.13. The molecule has 0 amide bonds. The molecule has 0 saturated carbocycles. The normalized spacial score (nSPS) is 12.4. The fourth-order valence-corrected chi connectivity index (χ4v) is 1.86. The molecule has 5 heteroatoms. The van der Waals surface area contributed by atoms with Crippen LogP contribution in [-0.2, 0) is 4.79 Å². The number of aliphatic carboxylic acids is 1. The average Bonchev–Trinajstić information content (AvgIpc) is 2.34. The molecule has 104 valence electrons. The van der Waals surface area contributed by atoms with E-state index in [4.69, 9.17) is 16.7 Å². The minimum atomic E-state index is -0.894. The van der Waals surface area contributed by atoms with Gasteiger partial charge in [0.25, 0.3) is 0 Å². The molecule has 1 atom stereocenters. The van der Waals surface area contributed by atoms with Gasteiger partial charge < -0.3 is 10.4 Å². The predicted molar refractivity (Wildman–Crippen MR) is 74.7 cm³/mol. The minimum Gasteiger partial charge on any atom is -0.480 e. The Hall–Kier alpha value is -1.39. The van der Waals surface area contributed by atoms with Gasteiger partial charge in [0.2, 0.25) is 0 Å². The summed E-state index contributed by atoms with van der Waals surface area (Å²) in [5.74, 6) is -0.950. The molecule has 0 aliphatic carbocycles. The molecule has 0 aromatic heterocycles. The third-order valence-electron chi connectivity index (χ3n) is 2.82. The van der Waals surface area contributed by atoms with Gasteiger partial charge in [-0.25, -0.2) is 0 Å². The lowest BCUT2D eigenvalue weighted by atomic mass is 10.0. The van der Waals surface area contributed by atoms with Crippen molar-refractivity contribution in [1.82, 2.24) is 5.32 Å². The third kappa shape index (κ3) is 5.01. The van der Waals surface area contributed by atoms with Crippen LogP contribution in [0.4, 0.5) is 0 Å². The zero-order chi connectivity index (χ0) is 14.4. The number of nitrogens with one attached hydrogen (secondary N) is 1. The fourth-order valence-electron chi connectivity index (χ4n) is 1.73. The van der Waals surface area contributed by atoms with E-state index in [0.29, 0.717) is 17.1 Å². The van der Waals surface area contributed by atoms with Crippen LogP contribution in [0.1, 0.15) is 30.6 Å². The fraction of sp³-hybridized carbons (Fsp3) is 0.429. The van der Waals surface area contributed by atoms with Crippen molar-refractivity contribution in [1.29, 1.82) is 0 Å². The average molecular weight is 284 g/mol. The van der Waals surface area contributed by atoms with Gasteiger partial charge in [0.15, 0.2) is 5.78 Å². The molecule has 0 spiro atoms. The number of ketones is 1. The van der Waals surface area contributed by atoms with Crippen LogP contribution in [0.25, 0.3) is 0 Å². The number of hydrogen-bond donors (Lipinski definition) is 2. The summed E-state index contributed by atoms with van der Waals surface area (Å²) >= 11 is 5.74. The van der Waals surface area contributed by atoms with E-state index in [9.17, 15) is 9.59 Å². The van der Waals surface area contributed by atoms with E-state index < -0.39 is 12.0 Å². The van der Waals surface area contributed by atoms with Crippen molar-refractivity contribution in [2.45, 2.75) is 26.3 Å². The molecular formula is C14H18ClNO3. The van der Waals surface area contributed by atoms with Crippen molar-refractivity contribution in [2.24, 2.45) is 5.92 Å². The molecule has 0 heterocycles. The van der Waals surface area contributed by atoms with E-state index >= 15 is 0 Å². The number of halogens is 1. The SMILES string of the molecule is CC(C)[C@H](NCCC(=O)c1ccc(Cl)cc1)C(=O)O. The first kappa shape index (κ1) is 15.7. The number of Topliss-reactive ketones (excluding diaryl/α,β-unsaturated/α-hetero) is 1. The van der Waals surface area contributed by atoms with E-state index in [1.807, 2.05) is 13.8 Å². The Morgan fingerprint density at radius 3 is 2.32 bits per heavy atom. The zero-order valence-corrected chi connectivity index (χ0v) is 11.8. The van der Waals surface area contributed by atoms with Gasteiger partial charge in [0.05, 0.1) is 0 Å². The molecule has 0 aliphatic heterocycles. The number of benzene rings is 1. The van der Waals surface area contributed by atoms with Crippen molar-refractivity contribution in [3.8, 4) is 0 Å². The van der Waals surface area contributed by atoms with E-state index in [1.165, 1.54) is 0 Å². The van der Waals surface area contributed by atoms with Gasteiger partial charge in [-0.3, -0.25) is 9.59 Å². The van der Waals surface area contributed by atoms with Crippen molar-refractivity contribution >= 4 is 23.4 Å². The van der Waals surface area contributed by atoms with Gasteiger partial charge in [0.1, 0.15) is 6.04 Å². The Labute approximate surface area is 117 Å². The van der Waals surface area contributed by atoms with Crippen LogP contribution in [0, 0.1) is 5.92 Å². The van der Waals surface area contributed by atoms with E-state index in [2.05, 4.69) is 5.32 Å². The van der Waals surface area contributed by atoms with Crippen LogP contribution in [0.5, 0.6) is 0 Å². The van der Waals surface area contributed by atoms with E-state index in [-0.39, 0.29) is 18.1 Å². The molecule has 1 aromatic rings. The van der Waals surface area contributed by atoms with Crippen LogP contribution < -0.4 is 5.32 Å². The topological polar surface area (TPSA) is 66.4 Å². The second-order valence-electron chi connectivity index (χ2n) is 4.69. The van der Waals surface area contributed by atoms with E-state index in [1.54, 1.807) is 24.3 Å². The Kier molecular flexibility index (Phi) is 5.99. The first-order chi connectivity index (χ1) is 8.91. The summed E-state index contributed by atoms with van der Waals surface area (Å²) in [6.45, 7) is 4.00. The molecule has 0 unspecified atom stereocenters. The van der Waals surface area contributed by atoms with Gasteiger partial charge in [-0.15, -0.1) is 0 Å². The summed E-state index contributed by atoms with van der Waals surface area (Å²) in [5.41, 5.74) is 0.586. The number of hydrogen-bond acceptors (Lipinski definition) is 3. The maximum Gasteiger partial charge on any atom is 0.320 e. The van der Waals surface area contributed by atoms with Crippen molar-refractivity contribution in [3.05, 3.63) is 34.9 Å². The first-order valence-corrected chi connectivity index (χ1v) is 6.54. The maximum absolute atomic E-state index is 11.8. The van der Waals surface area contributed by atoms with Crippen LogP contribution in [0.15, 0.2) is 24.3 Å². The molecule has 2 N–H and O–H groups in total. The predicted octanol–water partition coefficient (Wildman–Crippen LogP) is 2.61. The molecule has 0 radical (unpaired) electrons. The summed E-state index contributed by atoms with van der Waals surface area (Å²) < 4.78 is 0. The molecule has 4 nitrogen and oxygen atoms in total. The molecule has 0 aliphatic rings. The van der Waals surface area contributed by atoms with Crippen LogP contribution >= 0.6 is 11.6 Å². The lowest BCUT2D eigenvalue weighted by Crippen LogP contribution is -2.41. The summed E-state index contributed by atoms with van der Waals surface area (Å²) in [6.07, 6.45) is 0.262. The van der Waals surface area contributed by atoms with Crippen molar-refractivity contribution in [2.75, 3.05) is 6.54 Å². The monoisotopic (exact) mass is 283 g/mol. The smallest absolute Gasteiger partial charge is 0.320 e. The van der Waals surface area contributed by atoms with Gasteiger partial charge >= 0.3 is 5.97 Å². The Morgan fingerprint density at radius 1 is 1.26 bits per heavy atom. The van der Waals surface area contributed by atoms with Gasteiger partial charge in [-0.1, -0.05) is 25.4 Å². The molecule has 0 saturated heterocycles. The zero-order valence-electron chi connectivity index (χ0n) is 11.0. The number of carboxylic acid groups (broad SMARTS) is 1. The Balaban J connectivity index is 2.46. The highest BCUT2D eigenvalue weighted by Gasteiger charge is 2.20. The number of carboxylic acids is 1. The lowest BCUT2D eigenvalue weighted by molar-refractivity contribution is -0.140. The minimum absolute atomic E-state index is 0.0249. The van der Waals surface area contributed by atoms with Gasteiger partial charge in [0, 0.05) is 23.6 Å². The molecule has 1 aromatic carbocycles. The largest absolute Gasteiger partial charge is 0.480 e. The Morgan fingerprint density at radius 2 is 1.84 bits per heavy atom. The number of rotatable bonds is 7. The Bertz CT molecular complexity index is 443. The summed E-state index contributed by atoms with van der Waals surface area (Å²) in [5, 5.41) is 12.5. The summed E-state index contributed by atoms with van der Waals surface area (Å²) in [6, 6.07) is 6.04. The molecule has 1 rings (SSSR count). The van der Waals surface area contributed by atoms with Crippen LogP contribution in [-0.4, -0.2) is 29.4 Å².